The van der Waals surface area contributed by atoms with Crippen LogP contribution in [-0.2, 0) is 9.53 Å². The molecule has 2 aromatic carbocycles. The second kappa shape index (κ2) is 7.88. The molecule has 9 nitrogen and oxygen atoms in total. The van der Waals surface area contributed by atoms with E-state index in [2.05, 4.69) is 20.8 Å². The molecule has 0 unspecified atom stereocenters. The van der Waals surface area contributed by atoms with E-state index in [1.165, 1.54) is 24.0 Å². The molecule has 0 radical (unpaired) electrons. The number of hydrogen-bond acceptors (Lipinski definition) is 7. The van der Waals surface area contributed by atoms with E-state index in [0.29, 0.717) is 16.9 Å². The van der Waals surface area contributed by atoms with Crippen LogP contribution in [0.4, 0.5) is 5.69 Å². The molecule has 0 fully saturated rings. The summed E-state index contributed by atoms with van der Waals surface area (Å²) in [4.78, 5) is 24.6. The number of aromatic nitrogens is 4. The number of tetrazole rings is 1. The van der Waals surface area contributed by atoms with E-state index >= 15 is 0 Å². The van der Waals surface area contributed by atoms with Crippen LogP contribution in [0.1, 0.15) is 22.8 Å². The molecule has 3 rings (SSSR count). The van der Waals surface area contributed by atoms with E-state index in [1.807, 2.05) is 6.07 Å². The monoisotopic (exact) mass is 362 g/mol. The fourth-order valence-corrected chi connectivity index (χ4v) is 2.25. The Morgan fingerprint density at radius 1 is 1.22 bits per heavy atom. The molecule has 0 spiro atoms. The number of ether oxygens (including phenoxy) is 1. The molecule has 0 bridgehead atoms. The van der Waals surface area contributed by atoms with Gasteiger partial charge in [-0.2, -0.15) is 5.26 Å². The highest BCUT2D eigenvalue weighted by Crippen LogP contribution is 2.13. The number of amides is 1. The first-order chi connectivity index (χ1) is 13.1. The van der Waals surface area contributed by atoms with Crippen LogP contribution >= 0.6 is 0 Å². The van der Waals surface area contributed by atoms with E-state index in [0.717, 1.165) is 0 Å². The molecule has 0 aliphatic heterocycles. The second-order valence-electron chi connectivity index (χ2n) is 5.53. The minimum absolute atomic E-state index is 0.258. The summed E-state index contributed by atoms with van der Waals surface area (Å²) in [7, 11) is 0. The number of carbonyl (C=O) groups is 2. The van der Waals surface area contributed by atoms with Gasteiger partial charge in [-0.25, -0.2) is 9.48 Å². The molecule has 3 aromatic rings. The van der Waals surface area contributed by atoms with Crippen LogP contribution in [0, 0.1) is 11.3 Å². The third kappa shape index (κ3) is 4.32. The van der Waals surface area contributed by atoms with E-state index < -0.39 is 18.0 Å². The van der Waals surface area contributed by atoms with Crippen LogP contribution < -0.4 is 5.32 Å². The summed E-state index contributed by atoms with van der Waals surface area (Å²) in [6.07, 6.45) is 0.371. The molecule has 1 N–H and O–H groups in total. The number of nitrogens with one attached hydrogen (secondary N) is 1. The maximum atomic E-state index is 12.3. The lowest BCUT2D eigenvalue weighted by molar-refractivity contribution is -0.123. The first-order valence-electron chi connectivity index (χ1n) is 7.92. The summed E-state index contributed by atoms with van der Waals surface area (Å²) in [5.74, 6) is -1.16. The topological polar surface area (TPSA) is 123 Å². The molecule has 1 atom stereocenters. The first kappa shape index (κ1) is 17.8. The highest BCUT2D eigenvalue weighted by atomic mass is 16.5. The number of nitrogens with zero attached hydrogens (tertiary/aromatic N) is 5. The standard InChI is InChI=1S/C18H14N6O3/c1-12(17(25)21-15-6-2-4-13(8-15)10-19)27-18(26)14-5-3-7-16(9-14)24-11-20-22-23-24/h2-9,11-12H,1H3,(H,21,25)/t12-/m0/s1. The van der Waals surface area contributed by atoms with Crippen LogP contribution in [0.15, 0.2) is 54.9 Å². The number of anilines is 1. The van der Waals surface area contributed by atoms with Gasteiger partial charge < -0.3 is 10.1 Å². The van der Waals surface area contributed by atoms with E-state index in [1.54, 1.807) is 42.5 Å². The van der Waals surface area contributed by atoms with Crippen molar-refractivity contribution in [3.63, 3.8) is 0 Å². The minimum Gasteiger partial charge on any atom is -0.449 e. The van der Waals surface area contributed by atoms with Gasteiger partial charge in [-0.05, 0) is 53.7 Å². The maximum absolute atomic E-state index is 12.3. The lowest BCUT2D eigenvalue weighted by atomic mass is 10.2. The third-order valence-electron chi connectivity index (χ3n) is 3.61. The van der Waals surface area contributed by atoms with Crippen molar-refractivity contribution in [3.8, 4) is 11.8 Å². The SMILES string of the molecule is C[C@H](OC(=O)c1cccc(-n2cnnn2)c1)C(=O)Nc1cccc(C#N)c1. The maximum Gasteiger partial charge on any atom is 0.338 e. The highest BCUT2D eigenvalue weighted by molar-refractivity contribution is 5.97. The number of benzene rings is 2. The zero-order valence-corrected chi connectivity index (χ0v) is 14.2. The van der Waals surface area contributed by atoms with E-state index in [4.69, 9.17) is 10.00 Å². The molecule has 134 valence electrons. The fraction of sp³-hybridized carbons (Fsp3) is 0.111. The van der Waals surface area contributed by atoms with Crippen molar-refractivity contribution >= 4 is 17.6 Å². The highest BCUT2D eigenvalue weighted by Gasteiger charge is 2.19. The van der Waals surface area contributed by atoms with Crippen molar-refractivity contribution in [2.24, 2.45) is 0 Å². The summed E-state index contributed by atoms with van der Waals surface area (Å²) in [5, 5.41) is 22.3. The number of carbonyl (C=O) groups excluding carboxylic acids is 2. The number of rotatable bonds is 5. The molecule has 27 heavy (non-hydrogen) atoms. The van der Waals surface area contributed by atoms with Crippen molar-refractivity contribution in [1.82, 2.24) is 20.2 Å². The molecule has 1 amide bonds. The zero-order chi connectivity index (χ0) is 19.2. The van der Waals surface area contributed by atoms with Gasteiger partial charge in [0.2, 0.25) is 0 Å². The van der Waals surface area contributed by atoms with Gasteiger partial charge in [0.25, 0.3) is 5.91 Å². The normalized spacial score (nSPS) is 11.3. The lowest BCUT2D eigenvalue weighted by Crippen LogP contribution is -2.30. The molecule has 0 saturated carbocycles. The predicted octanol–water partition coefficient (Wildman–Crippen LogP) is 1.72. The van der Waals surface area contributed by atoms with Crippen LogP contribution in [0.2, 0.25) is 0 Å². The predicted molar refractivity (Wildman–Crippen MR) is 93.8 cm³/mol. The second-order valence-corrected chi connectivity index (χ2v) is 5.53. The van der Waals surface area contributed by atoms with Crippen LogP contribution in [0.25, 0.3) is 5.69 Å². The van der Waals surface area contributed by atoms with Gasteiger partial charge in [0.05, 0.1) is 22.9 Å². The van der Waals surface area contributed by atoms with Gasteiger partial charge in [-0.3, -0.25) is 4.79 Å². The van der Waals surface area contributed by atoms with Crippen molar-refractivity contribution in [2.75, 3.05) is 5.32 Å². The largest absolute Gasteiger partial charge is 0.449 e. The Hall–Kier alpha value is -4.06. The molecule has 1 aromatic heterocycles. The average Bonchev–Trinajstić information content (AvgIpc) is 3.23. The van der Waals surface area contributed by atoms with Crippen LogP contribution in [0.3, 0.4) is 0 Å². The van der Waals surface area contributed by atoms with Crippen molar-refractivity contribution in [1.29, 1.82) is 5.26 Å². The number of esters is 1. The zero-order valence-electron chi connectivity index (χ0n) is 14.2. The van der Waals surface area contributed by atoms with Gasteiger partial charge in [0, 0.05) is 5.69 Å². The molecular weight excluding hydrogens is 348 g/mol. The minimum atomic E-state index is -1.03. The smallest absolute Gasteiger partial charge is 0.338 e. The molecule has 0 aliphatic carbocycles. The van der Waals surface area contributed by atoms with E-state index in [-0.39, 0.29) is 5.56 Å². The Labute approximate surface area is 154 Å². The van der Waals surface area contributed by atoms with Gasteiger partial charge in [-0.15, -0.1) is 5.10 Å². The summed E-state index contributed by atoms with van der Waals surface area (Å²) < 4.78 is 6.62. The van der Waals surface area contributed by atoms with E-state index in [9.17, 15) is 9.59 Å². The summed E-state index contributed by atoms with van der Waals surface area (Å²) in [6.45, 7) is 1.46. The number of nitriles is 1. The first-order valence-corrected chi connectivity index (χ1v) is 7.92. The molecule has 0 saturated heterocycles. The Morgan fingerprint density at radius 3 is 2.78 bits per heavy atom. The molecule has 1 heterocycles. The van der Waals surface area contributed by atoms with Gasteiger partial charge in [-0.1, -0.05) is 12.1 Å². The summed E-state index contributed by atoms with van der Waals surface area (Å²) >= 11 is 0. The third-order valence-corrected chi connectivity index (χ3v) is 3.61. The van der Waals surface area contributed by atoms with Gasteiger partial charge in [0.1, 0.15) is 6.33 Å². The molecule has 0 aliphatic rings. The average molecular weight is 362 g/mol. The molecule has 9 heteroatoms. The number of hydrogen-bond donors (Lipinski definition) is 1. The Kier molecular flexibility index (Phi) is 5.18. The van der Waals surface area contributed by atoms with Gasteiger partial charge >= 0.3 is 5.97 Å². The Bertz CT molecular complexity index is 1010. The summed E-state index contributed by atoms with van der Waals surface area (Å²) in [6, 6.07) is 14.9. The van der Waals surface area contributed by atoms with Crippen LogP contribution in [0.5, 0.6) is 0 Å². The summed E-state index contributed by atoms with van der Waals surface area (Å²) in [5.41, 5.74) is 1.70. The Balaban J connectivity index is 1.66. The quantitative estimate of drug-likeness (QED) is 0.685. The lowest BCUT2D eigenvalue weighted by Gasteiger charge is -2.14. The van der Waals surface area contributed by atoms with Gasteiger partial charge in [0.15, 0.2) is 6.10 Å². The molecular formula is C18H14N6O3. The van der Waals surface area contributed by atoms with Crippen molar-refractivity contribution in [2.45, 2.75) is 13.0 Å². The van der Waals surface area contributed by atoms with Crippen LogP contribution in [-0.4, -0.2) is 38.2 Å². The van der Waals surface area contributed by atoms with Crippen molar-refractivity contribution in [3.05, 3.63) is 66.0 Å². The fourth-order valence-electron chi connectivity index (χ4n) is 2.25. The Morgan fingerprint density at radius 2 is 2.04 bits per heavy atom. The van der Waals surface area contributed by atoms with Crippen molar-refractivity contribution < 1.29 is 14.3 Å².